The Morgan fingerprint density at radius 3 is 2.60 bits per heavy atom. The molecule has 0 saturated heterocycles. The van der Waals surface area contributed by atoms with Crippen LogP contribution < -0.4 is 0 Å². The summed E-state index contributed by atoms with van der Waals surface area (Å²) in [6, 6.07) is 3.32. The summed E-state index contributed by atoms with van der Waals surface area (Å²) in [6.45, 7) is 3.81. The van der Waals surface area contributed by atoms with E-state index in [2.05, 4.69) is 4.98 Å². The van der Waals surface area contributed by atoms with Gasteiger partial charge >= 0.3 is 0 Å². The standard InChI is InChI=1S/C10H10ClNO2S/c1-6-5-9(15(11,13)14)8-3-4-12-10(8)7(6)2/h3-5,12H,1-2H3. The Bertz CT molecular complexity index is 628. The molecule has 0 saturated carbocycles. The molecule has 0 amide bonds. The lowest BCUT2D eigenvalue weighted by molar-refractivity contribution is 0.610. The molecule has 1 heterocycles. The van der Waals surface area contributed by atoms with Crippen LogP contribution in [0.5, 0.6) is 0 Å². The van der Waals surface area contributed by atoms with Crippen LogP contribution in [0.15, 0.2) is 23.2 Å². The van der Waals surface area contributed by atoms with Crippen molar-refractivity contribution < 1.29 is 8.42 Å². The molecule has 5 heteroatoms. The van der Waals surface area contributed by atoms with Crippen molar-refractivity contribution in [1.29, 1.82) is 0 Å². The molecule has 1 aromatic heterocycles. The van der Waals surface area contributed by atoms with Gasteiger partial charge in [-0.1, -0.05) is 0 Å². The first kappa shape index (κ1) is 10.5. The summed E-state index contributed by atoms with van der Waals surface area (Å²) in [5.74, 6) is 0. The average molecular weight is 244 g/mol. The Hall–Kier alpha value is -1.00. The molecule has 0 bridgehead atoms. The van der Waals surface area contributed by atoms with Gasteiger partial charge in [0.05, 0.1) is 4.90 Å². The predicted octanol–water partition coefficient (Wildman–Crippen LogP) is 2.71. The van der Waals surface area contributed by atoms with Crippen LogP contribution in [-0.4, -0.2) is 13.4 Å². The van der Waals surface area contributed by atoms with Crippen LogP contribution in [0.3, 0.4) is 0 Å². The first-order valence-electron chi connectivity index (χ1n) is 4.43. The molecule has 2 aromatic rings. The van der Waals surface area contributed by atoms with Gasteiger partial charge in [-0.3, -0.25) is 0 Å². The monoisotopic (exact) mass is 243 g/mol. The molecule has 3 nitrogen and oxygen atoms in total. The number of benzene rings is 1. The van der Waals surface area contributed by atoms with Gasteiger partial charge < -0.3 is 4.98 Å². The lowest BCUT2D eigenvalue weighted by Gasteiger charge is -2.05. The van der Waals surface area contributed by atoms with Gasteiger partial charge in [0.15, 0.2) is 0 Å². The molecule has 0 unspecified atom stereocenters. The highest BCUT2D eigenvalue weighted by molar-refractivity contribution is 8.14. The third-order valence-electron chi connectivity index (χ3n) is 2.59. The molecule has 0 aliphatic carbocycles. The minimum absolute atomic E-state index is 0.170. The number of aromatic amines is 1. The second kappa shape index (κ2) is 3.25. The lowest BCUT2D eigenvalue weighted by Crippen LogP contribution is -1.94. The Kier molecular flexibility index (Phi) is 2.28. The Labute approximate surface area is 92.5 Å². The van der Waals surface area contributed by atoms with Crippen LogP contribution in [-0.2, 0) is 9.05 Å². The maximum atomic E-state index is 11.4. The predicted molar refractivity (Wildman–Crippen MR) is 60.8 cm³/mol. The number of H-pyrrole nitrogens is 1. The van der Waals surface area contributed by atoms with Crippen molar-refractivity contribution in [1.82, 2.24) is 4.98 Å². The SMILES string of the molecule is Cc1cc(S(=O)(=O)Cl)c2cc[nH]c2c1C. The number of rotatable bonds is 1. The van der Waals surface area contributed by atoms with Gasteiger partial charge in [0.2, 0.25) is 0 Å². The minimum atomic E-state index is -3.69. The van der Waals surface area contributed by atoms with E-state index < -0.39 is 9.05 Å². The Morgan fingerprint density at radius 1 is 1.33 bits per heavy atom. The number of halogens is 1. The van der Waals surface area contributed by atoms with Crippen LogP contribution in [0.2, 0.25) is 0 Å². The van der Waals surface area contributed by atoms with E-state index >= 15 is 0 Å². The van der Waals surface area contributed by atoms with Crippen molar-refractivity contribution in [3.05, 3.63) is 29.5 Å². The fourth-order valence-corrected chi connectivity index (χ4v) is 2.80. The summed E-state index contributed by atoms with van der Waals surface area (Å²) in [6.07, 6.45) is 1.71. The lowest BCUT2D eigenvalue weighted by atomic mass is 10.1. The summed E-state index contributed by atoms with van der Waals surface area (Å²) in [4.78, 5) is 3.19. The van der Waals surface area contributed by atoms with Crippen molar-refractivity contribution in [2.45, 2.75) is 18.7 Å². The second-order valence-corrected chi connectivity index (χ2v) is 6.06. The topological polar surface area (TPSA) is 49.9 Å². The van der Waals surface area contributed by atoms with E-state index in [1.807, 2.05) is 13.8 Å². The highest BCUT2D eigenvalue weighted by atomic mass is 35.7. The fraction of sp³-hybridized carbons (Fsp3) is 0.200. The molecule has 2 rings (SSSR count). The van der Waals surface area contributed by atoms with Gasteiger partial charge in [-0.25, -0.2) is 8.42 Å². The van der Waals surface area contributed by atoms with Gasteiger partial charge in [0.1, 0.15) is 0 Å². The second-order valence-electron chi connectivity index (χ2n) is 3.52. The van der Waals surface area contributed by atoms with Gasteiger partial charge in [0, 0.05) is 27.8 Å². The highest BCUT2D eigenvalue weighted by Gasteiger charge is 2.17. The van der Waals surface area contributed by atoms with Crippen molar-refractivity contribution in [3.63, 3.8) is 0 Å². The quantitative estimate of drug-likeness (QED) is 0.783. The van der Waals surface area contributed by atoms with Crippen LogP contribution in [0.4, 0.5) is 0 Å². The fourth-order valence-electron chi connectivity index (χ4n) is 1.67. The molecule has 0 spiro atoms. The highest BCUT2D eigenvalue weighted by Crippen LogP contribution is 2.29. The van der Waals surface area contributed by atoms with Crippen LogP contribution in [0, 0.1) is 13.8 Å². The van der Waals surface area contributed by atoms with Crippen molar-refractivity contribution in [2.75, 3.05) is 0 Å². The first-order chi connectivity index (χ1) is 6.91. The Balaban J connectivity index is 2.99. The molecule has 1 aromatic carbocycles. The smallest absolute Gasteiger partial charge is 0.261 e. The van der Waals surface area contributed by atoms with Crippen LogP contribution >= 0.6 is 10.7 Å². The maximum Gasteiger partial charge on any atom is 0.261 e. The van der Waals surface area contributed by atoms with E-state index in [4.69, 9.17) is 10.7 Å². The van der Waals surface area contributed by atoms with Crippen molar-refractivity contribution in [2.24, 2.45) is 0 Å². The zero-order valence-corrected chi connectivity index (χ0v) is 9.91. The number of aromatic nitrogens is 1. The van der Waals surface area contributed by atoms with E-state index in [1.165, 1.54) is 0 Å². The van der Waals surface area contributed by atoms with E-state index in [1.54, 1.807) is 18.3 Å². The van der Waals surface area contributed by atoms with Crippen molar-refractivity contribution >= 4 is 30.6 Å². The minimum Gasteiger partial charge on any atom is -0.361 e. The third-order valence-corrected chi connectivity index (χ3v) is 3.95. The number of hydrogen-bond donors (Lipinski definition) is 1. The van der Waals surface area contributed by atoms with Gasteiger partial charge in [0.25, 0.3) is 9.05 Å². The van der Waals surface area contributed by atoms with Crippen LogP contribution in [0.25, 0.3) is 10.9 Å². The van der Waals surface area contributed by atoms with Crippen molar-refractivity contribution in [3.8, 4) is 0 Å². The number of nitrogens with one attached hydrogen (secondary N) is 1. The number of hydrogen-bond acceptors (Lipinski definition) is 2. The zero-order chi connectivity index (χ0) is 11.2. The van der Waals surface area contributed by atoms with E-state index in [-0.39, 0.29) is 4.90 Å². The van der Waals surface area contributed by atoms with E-state index in [9.17, 15) is 8.42 Å². The van der Waals surface area contributed by atoms with Gasteiger partial charge in [-0.05, 0) is 37.1 Å². The normalized spacial score (nSPS) is 12.2. The Morgan fingerprint density at radius 2 is 2.00 bits per heavy atom. The number of fused-ring (bicyclic) bond motifs is 1. The van der Waals surface area contributed by atoms with E-state index in [0.29, 0.717) is 5.39 Å². The molecule has 0 aliphatic heterocycles. The largest absolute Gasteiger partial charge is 0.361 e. The summed E-state index contributed by atoms with van der Waals surface area (Å²) in [5, 5.41) is 0.646. The first-order valence-corrected chi connectivity index (χ1v) is 6.74. The summed E-state index contributed by atoms with van der Waals surface area (Å²) in [7, 11) is 1.69. The third kappa shape index (κ3) is 1.64. The average Bonchev–Trinajstić information content (AvgIpc) is 2.57. The molecule has 0 atom stereocenters. The molecule has 0 fully saturated rings. The molecule has 80 valence electrons. The molecular formula is C10H10ClNO2S. The molecule has 0 aliphatic rings. The summed E-state index contributed by atoms with van der Waals surface area (Å²) in [5.41, 5.74) is 2.78. The summed E-state index contributed by atoms with van der Waals surface area (Å²) < 4.78 is 22.7. The molecule has 15 heavy (non-hydrogen) atoms. The molecule has 1 N–H and O–H groups in total. The molecular weight excluding hydrogens is 234 g/mol. The maximum absolute atomic E-state index is 11.4. The number of aryl methyl sites for hydroxylation is 2. The van der Waals surface area contributed by atoms with Gasteiger partial charge in [-0.2, -0.15) is 0 Å². The van der Waals surface area contributed by atoms with E-state index in [0.717, 1.165) is 16.6 Å². The summed E-state index contributed by atoms with van der Waals surface area (Å²) >= 11 is 0. The zero-order valence-electron chi connectivity index (χ0n) is 8.33. The van der Waals surface area contributed by atoms with Gasteiger partial charge in [-0.15, -0.1) is 0 Å². The van der Waals surface area contributed by atoms with Crippen LogP contribution in [0.1, 0.15) is 11.1 Å². The molecule has 0 radical (unpaired) electrons.